The molecular weight excluding hydrogens is 518 g/mol. The third-order valence-electron chi connectivity index (χ3n) is 6.87. The number of anilines is 1. The van der Waals surface area contributed by atoms with E-state index in [1.807, 2.05) is 54.6 Å². The number of halogens is 1. The molecule has 5 rings (SSSR count). The molecule has 1 aliphatic rings. The number of rotatable bonds is 7. The number of carbonyl (C=O) groups is 2. The predicted molar refractivity (Wildman–Crippen MR) is 149 cm³/mol. The zero-order chi connectivity index (χ0) is 27.5. The van der Waals surface area contributed by atoms with Gasteiger partial charge in [-0.1, -0.05) is 71.4 Å². The summed E-state index contributed by atoms with van der Waals surface area (Å²) in [6, 6.07) is 18.8. The topological polar surface area (TPSA) is 114 Å². The molecule has 1 aliphatic heterocycles. The van der Waals surface area contributed by atoms with Crippen molar-refractivity contribution < 1.29 is 24.0 Å². The highest BCUT2D eigenvalue weighted by Crippen LogP contribution is 2.39. The third-order valence-corrected chi connectivity index (χ3v) is 7.21. The molecule has 1 amide bonds. The second-order valence-electron chi connectivity index (χ2n) is 9.48. The van der Waals surface area contributed by atoms with Crippen molar-refractivity contribution in [3.8, 4) is 22.5 Å². The Hall–Kier alpha value is -4.14. The van der Waals surface area contributed by atoms with E-state index in [9.17, 15) is 9.59 Å². The maximum atomic E-state index is 12.9. The fraction of sp³-hybridized carbons (Fsp3) is 0.233. The standard InChI is InChI=1S/C30H28ClN3O5/c1-17-28(33-30(37)38-18(2)21-5-3-4-6-26(21)31)29(39-34-17)24-12-11-22(25-16-32-14-13-23(24)25)20-9-7-19(8-10-20)15-27(35)36/h3-12,18,32H,13-16H2,1-2H3,(H,33,37)(H,35,36). The molecule has 3 N–H and O–H groups in total. The lowest BCUT2D eigenvalue weighted by Crippen LogP contribution is -2.25. The van der Waals surface area contributed by atoms with Crippen LogP contribution in [-0.4, -0.2) is 28.9 Å². The number of ether oxygens (including phenoxy) is 1. The highest BCUT2D eigenvalue weighted by molar-refractivity contribution is 6.31. The maximum Gasteiger partial charge on any atom is 0.412 e. The number of benzene rings is 3. The Bertz CT molecular complexity index is 1530. The predicted octanol–water partition coefficient (Wildman–Crippen LogP) is 6.55. The first-order valence-electron chi connectivity index (χ1n) is 12.7. The molecule has 200 valence electrons. The number of carboxylic acids is 1. The monoisotopic (exact) mass is 545 g/mol. The Morgan fingerprint density at radius 1 is 1.10 bits per heavy atom. The van der Waals surface area contributed by atoms with Crippen molar-refractivity contribution in [2.24, 2.45) is 0 Å². The van der Waals surface area contributed by atoms with Crippen LogP contribution in [0.15, 0.2) is 65.2 Å². The molecule has 0 radical (unpaired) electrons. The number of hydrogen-bond acceptors (Lipinski definition) is 6. The van der Waals surface area contributed by atoms with Crippen LogP contribution < -0.4 is 10.6 Å². The van der Waals surface area contributed by atoms with Crippen LogP contribution >= 0.6 is 11.6 Å². The number of fused-ring (bicyclic) bond motifs is 1. The van der Waals surface area contributed by atoms with Crippen LogP contribution in [0.4, 0.5) is 10.5 Å². The number of aliphatic carboxylic acids is 1. The Kier molecular flexibility index (Phi) is 7.67. The van der Waals surface area contributed by atoms with Gasteiger partial charge in [0.2, 0.25) is 0 Å². The van der Waals surface area contributed by atoms with Gasteiger partial charge in [-0.2, -0.15) is 0 Å². The molecule has 0 fully saturated rings. The first-order chi connectivity index (χ1) is 18.8. The van der Waals surface area contributed by atoms with Gasteiger partial charge in [-0.05, 0) is 60.7 Å². The highest BCUT2D eigenvalue weighted by Gasteiger charge is 2.25. The number of amides is 1. The SMILES string of the molecule is Cc1noc(-c2ccc(-c3ccc(CC(=O)O)cc3)c3c2CCNC3)c1NC(=O)OC(C)c1ccccc1Cl. The van der Waals surface area contributed by atoms with Gasteiger partial charge >= 0.3 is 12.1 Å². The molecule has 0 spiro atoms. The van der Waals surface area contributed by atoms with Crippen LogP contribution in [-0.2, 0) is 28.9 Å². The van der Waals surface area contributed by atoms with E-state index in [0.29, 0.717) is 34.3 Å². The number of nitrogens with zero attached hydrogens (tertiary/aromatic N) is 1. The summed E-state index contributed by atoms with van der Waals surface area (Å²) in [4.78, 5) is 23.9. The Morgan fingerprint density at radius 2 is 1.85 bits per heavy atom. The van der Waals surface area contributed by atoms with Crippen molar-refractivity contribution in [2.75, 3.05) is 11.9 Å². The van der Waals surface area contributed by atoms with Gasteiger partial charge in [0, 0.05) is 22.7 Å². The molecule has 0 bridgehead atoms. The van der Waals surface area contributed by atoms with Crippen molar-refractivity contribution >= 4 is 29.4 Å². The van der Waals surface area contributed by atoms with E-state index in [-0.39, 0.29) is 6.42 Å². The first kappa shape index (κ1) is 26.5. The van der Waals surface area contributed by atoms with Gasteiger partial charge in [0.15, 0.2) is 5.76 Å². The minimum Gasteiger partial charge on any atom is -0.481 e. The minimum atomic E-state index is -0.859. The van der Waals surface area contributed by atoms with Crippen LogP contribution in [0.25, 0.3) is 22.5 Å². The molecule has 0 saturated carbocycles. The van der Waals surface area contributed by atoms with Gasteiger partial charge in [-0.25, -0.2) is 4.79 Å². The van der Waals surface area contributed by atoms with Crippen molar-refractivity contribution in [3.05, 3.63) is 93.6 Å². The van der Waals surface area contributed by atoms with Gasteiger partial charge < -0.3 is 19.7 Å². The summed E-state index contributed by atoms with van der Waals surface area (Å²) >= 11 is 6.26. The molecule has 1 atom stereocenters. The molecule has 4 aromatic rings. The molecule has 2 heterocycles. The Labute approximate surface area is 230 Å². The van der Waals surface area contributed by atoms with Crippen LogP contribution in [0, 0.1) is 6.92 Å². The average Bonchev–Trinajstić information content (AvgIpc) is 3.27. The van der Waals surface area contributed by atoms with E-state index in [1.54, 1.807) is 19.9 Å². The molecule has 9 heteroatoms. The summed E-state index contributed by atoms with van der Waals surface area (Å²) in [5.41, 5.74) is 7.60. The van der Waals surface area contributed by atoms with E-state index in [1.165, 1.54) is 0 Å². The summed E-state index contributed by atoms with van der Waals surface area (Å²) in [6.45, 7) is 5.00. The highest BCUT2D eigenvalue weighted by atomic mass is 35.5. The lowest BCUT2D eigenvalue weighted by Gasteiger charge is -2.23. The lowest BCUT2D eigenvalue weighted by atomic mass is 9.87. The summed E-state index contributed by atoms with van der Waals surface area (Å²) in [7, 11) is 0. The smallest absolute Gasteiger partial charge is 0.412 e. The summed E-state index contributed by atoms with van der Waals surface area (Å²) in [6.07, 6.45) is -0.437. The Balaban J connectivity index is 1.44. The number of carboxylic acid groups (broad SMARTS) is 1. The fourth-order valence-corrected chi connectivity index (χ4v) is 5.22. The molecular formula is C30H28ClN3O5. The van der Waals surface area contributed by atoms with Gasteiger partial charge in [0.25, 0.3) is 0 Å². The van der Waals surface area contributed by atoms with Crippen molar-refractivity contribution in [2.45, 2.75) is 39.3 Å². The zero-order valence-electron chi connectivity index (χ0n) is 21.6. The largest absolute Gasteiger partial charge is 0.481 e. The molecule has 8 nitrogen and oxygen atoms in total. The van der Waals surface area contributed by atoms with E-state index in [4.69, 9.17) is 26.0 Å². The number of aromatic nitrogens is 1. The Morgan fingerprint density at radius 3 is 2.59 bits per heavy atom. The number of nitrogens with one attached hydrogen (secondary N) is 2. The molecule has 0 aliphatic carbocycles. The van der Waals surface area contributed by atoms with Crippen LogP contribution in [0.5, 0.6) is 0 Å². The van der Waals surface area contributed by atoms with E-state index in [0.717, 1.165) is 46.3 Å². The molecule has 1 aromatic heterocycles. The quantitative estimate of drug-likeness (QED) is 0.241. The zero-order valence-corrected chi connectivity index (χ0v) is 22.3. The number of aryl methyl sites for hydroxylation is 1. The second kappa shape index (κ2) is 11.3. The molecule has 0 saturated heterocycles. The number of carbonyl (C=O) groups excluding carboxylic acids is 1. The lowest BCUT2D eigenvalue weighted by molar-refractivity contribution is -0.136. The summed E-state index contributed by atoms with van der Waals surface area (Å²) in [5.74, 6) is -0.390. The first-order valence-corrected chi connectivity index (χ1v) is 13.0. The molecule has 39 heavy (non-hydrogen) atoms. The van der Waals surface area contributed by atoms with Gasteiger partial charge in [-0.3, -0.25) is 10.1 Å². The summed E-state index contributed by atoms with van der Waals surface area (Å²) in [5, 5.41) is 20.0. The number of hydrogen-bond donors (Lipinski definition) is 3. The van der Waals surface area contributed by atoms with Gasteiger partial charge in [0.05, 0.1) is 6.42 Å². The maximum absolute atomic E-state index is 12.9. The van der Waals surface area contributed by atoms with Crippen molar-refractivity contribution in [1.82, 2.24) is 10.5 Å². The van der Waals surface area contributed by atoms with Crippen LogP contribution in [0.1, 0.15) is 41.0 Å². The molecule has 1 unspecified atom stereocenters. The average molecular weight is 546 g/mol. The van der Waals surface area contributed by atoms with Gasteiger partial charge in [-0.15, -0.1) is 0 Å². The minimum absolute atomic E-state index is 0.0148. The molecule has 3 aromatic carbocycles. The van der Waals surface area contributed by atoms with Crippen LogP contribution in [0.2, 0.25) is 5.02 Å². The fourth-order valence-electron chi connectivity index (χ4n) is 4.93. The van der Waals surface area contributed by atoms with Crippen molar-refractivity contribution in [3.63, 3.8) is 0 Å². The summed E-state index contributed by atoms with van der Waals surface area (Å²) < 4.78 is 11.3. The van der Waals surface area contributed by atoms with Crippen molar-refractivity contribution in [1.29, 1.82) is 0 Å². The van der Waals surface area contributed by atoms with E-state index in [2.05, 4.69) is 15.8 Å². The second-order valence-corrected chi connectivity index (χ2v) is 9.89. The normalized spacial score (nSPS) is 13.4. The van der Waals surface area contributed by atoms with Gasteiger partial charge in [0.1, 0.15) is 17.5 Å². The van der Waals surface area contributed by atoms with E-state index >= 15 is 0 Å². The third kappa shape index (κ3) is 5.67. The van der Waals surface area contributed by atoms with E-state index < -0.39 is 18.2 Å². The van der Waals surface area contributed by atoms with Crippen LogP contribution in [0.3, 0.4) is 0 Å².